The molecule has 0 unspecified atom stereocenters. The second-order valence-corrected chi connectivity index (χ2v) is 4.32. The molecule has 0 aromatic carbocycles. The maximum Gasteiger partial charge on any atom is 0.435 e. The first-order valence-corrected chi connectivity index (χ1v) is 5.04. The van der Waals surface area contributed by atoms with Gasteiger partial charge in [0.15, 0.2) is 5.82 Å². The molecular weight excluding hydrogens is 222 g/mol. The van der Waals surface area contributed by atoms with E-state index in [1.165, 1.54) is 12.3 Å². The van der Waals surface area contributed by atoms with Crippen LogP contribution < -0.4 is 5.32 Å². The fourth-order valence-corrected chi connectivity index (χ4v) is 0.978. The van der Waals surface area contributed by atoms with Gasteiger partial charge in [-0.2, -0.15) is 4.68 Å². The van der Waals surface area contributed by atoms with E-state index in [9.17, 15) is 9.59 Å². The van der Waals surface area contributed by atoms with Crippen molar-refractivity contribution in [1.29, 1.82) is 0 Å². The Bertz CT molecular complexity index is 443. The molecule has 1 amide bonds. The highest BCUT2D eigenvalue weighted by Gasteiger charge is 2.18. The zero-order chi connectivity index (χ0) is 13.1. The van der Waals surface area contributed by atoms with E-state index in [0.717, 1.165) is 10.8 Å². The first kappa shape index (κ1) is 13.0. The molecule has 17 heavy (non-hydrogen) atoms. The number of aromatic nitrogens is 2. The van der Waals surface area contributed by atoms with Gasteiger partial charge in [0.25, 0.3) is 0 Å². The minimum absolute atomic E-state index is 0.265. The Balaban J connectivity index is 2.71. The van der Waals surface area contributed by atoms with Crippen LogP contribution in [0, 0.1) is 0 Å². The molecule has 0 saturated heterocycles. The van der Waals surface area contributed by atoms with Gasteiger partial charge in [0.1, 0.15) is 5.60 Å². The largest absolute Gasteiger partial charge is 0.442 e. The summed E-state index contributed by atoms with van der Waals surface area (Å²) in [5.41, 5.74) is -0.590. The first-order chi connectivity index (χ1) is 7.81. The van der Waals surface area contributed by atoms with Gasteiger partial charge in [-0.1, -0.05) is 6.58 Å². The maximum atomic E-state index is 11.6. The Morgan fingerprint density at radius 1 is 1.53 bits per heavy atom. The molecule has 1 N–H and O–H groups in total. The van der Waals surface area contributed by atoms with Crippen molar-refractivity contribution < 1.29 is 14.3 Å². The van der Waals surface area contributed by atoms with Crippen molar-refractivity contribution in [2.24, 2.45) is 0 Å². The molecule has 0 bridgehead atoms. The zero-order valence-electron chi connectivity index (χ0n) is 10.1. The van der Waals surface area contributed by atoms with Gasteiger partial charge < -0.3 is 10.1 Å². The quantitative estimate of drug-likeness (QED) is 0.796. The van der Waals surface area contributed by atoms with Crippen molar-refractivity contribution in [3.05, 3.63) is 24.9 Å². The lowest BCUT2D eigenvalue weighted by Crippen LogP contribution is -2.27. The van der Waals surface area contributed by atoms with Gasteiger partial charge in [-0.05, 0) is 26.8 Å². The third-order valence-corrected chi connectivity index (χ3v) is 1.61. The summed E-state index contributed by atoms with van der Waals surface area (Å²) in [6, 6.07) is 1.49. The lowest BCUT2D eigenvalue weighted by Gasteiger charge is -2.18. The molecule has 0 spiro atoms. The van der Waals surface area contributed by atoms with Crippen LogP contribution in [0.3, 0.4) is 0 Å². The minimum atomic E-state index is -0.600. The fourth-order valence-electron chi connectivity index (χ4n) is 0.978. The Morgan fingerprint density at radius 3 is 2.71 bits per heavy atom. The summed E-state index contributed by atoms with van der Waals surface area (Å²) in [5.74, 6) is -0.125. The van der Waals surface area contributed by atoms with Crippen LogP contribution >= 0.6 is 0 Å². The average Bonchev–Trinajstić information content (AvgIpc) is 2.63. The number of ether oxygens (including phenoxy) is 1. The van der Waals surface area contributed by atoms with Gasteiger partial charge in [-0.15, -0.1) is 5.10 Å². The molecule has 6 nitrogen and oxygen atoms in total. The van der Waals surface area contributed by atoms with Gasteiger partial charge in [-0.25, -0.2) is 4.79 Å². The fraction of sp³-hybridized carbons (Fsp3) is 0.364. The predicted molar refractivity (Wildman–Crippen MR) is 62.7 cm³/mol. The van der Waals surface area contributed by atoms with Gasteiger partial charge in [-0.3, -0.25) is 4.79 Å². The van der Waals surface area contributed by atoms with Crippen LogP contribution in [0.15, 0.2) is 24.9 Å². The smallest absolute Gasteiger partial charge is 0.435 e. The third-order valence-electron chi connectivity index (χ3n) is 1.61. The molecule has 0 aliphatic rings. The van der Waals surface area contributed by atoms with E-state index in [1.807, 2.05) is 0 Å². The summed E-state index contributed by atoms with van der Waals surface area (Å²) >= 11 is 0. The third kappa shape index (κ3) is 4.10. The van der Waals surface area contributed by atoms with Crippen LogP contribution in [0.5, 0.6) is 0 Å². The number of hydrogen-bond donors (Lipinski definition) is 1. The highest BCUT2D eigenvalue weighted by Crippen LogP contribution is 2.10. The number of carbonyl (C=O) groups excluding carboxylic acids is 2. The molecule has 0 radical (unpaired) electrons. The molecule has 0 aliphatic carbocycles. The second kappa shape index (κ2) is 4.82. The normalized spacial score (nSPS) is 10.8. The van der Waals surface area contributed by atoms with E-state index in [-0.39, 0.29) is 11.7 Å². The van der Waals surface area contributed by atoms with Crippen molar-refractivity contribution in [2.75, 3.05) is 5.32 Å². The van der Waals surface area contributed by atoms with E-state index < -0.39 is 11.7 Å². The molecule has 0 saturated carbocycles. The van der Waals surface area contributed by atoms with E-state index in [2.05, 4.69) is 17.0 Å². The topological polar surface area (TPSA) is 73.2 Å². The van der Waals surface area contributed by atoms with Crippen LogP contribution in [-0.2, 0) is 9.53 Å². The lowest BCUT2D eigenvalue weighted by molar-refractivity contribution is -0.111. The Labute approximate surface area is 99.3 Å². The Kier molecular flexibility index (Phi) is 3.67. The number of amides is 1. The number of hydrogen-bond acceptors (Lipinski definition) is 4. The summed E-state index contributed by atoms with van der Waals surface area (Å²) in [7, 11) is 0. The summed E-state index contributed by atoms with van der Waals surface area (Å²) in [6.07, 6.45) is 1.93. The predicted octanol–water partition coefficient (Wildman–Crippen LogP) is 1.79. The zero-order valence-corrected chi connectivity index (χ0v) is 10.1. The van der Waals surface area contributed by atoms with Crippen LogP contribution in [0.2, 0.25) is 0 Å². The number of carbonyl (C=O) groups is 2. The highest BCUT2D eigenvalue weighted by molar-refractivity contribution is 5.98. The molecule has 1 aromatic heterocycles. The minimum Gasteiger partial charge on any atom is -0.442 e. The molecule has 1 rings (SSSR count). The molecule has 1 aromatic rings. The van der Waals surface area contributed by atoms with Gasteiger partial charge in [0, 0.05) is 12.3 Å². The van der Waals surface area contributed by atoms with E-state index >= 15 is 0 Å². The first-order valence-electron chi connectivity index (χ1n) is 5.04. The molecular formula is C11H15N3O3. The van der Waals surface area contributed by atoms with Crippen molar-refractivity contribution >= 4 is 17.8 Å². The van der Waals surface area contributed by atoms with Crippen molar-refractivity contribution in [1.82, 2.24) is 9.78 Å². The summed E-state index contributed by atoms with van der Waals surface area (Å²) in [4.78, 5) is 22.6. The molecule has 6 heteroatoms. The standard InChI is InChI=1S/C11H15N3O3/c1-5-9(15)12-8-6-7-14(13-8)10(16)17-11(2,3)4/h5-7H,1H2,2-4H3,(H,12,13,15). The number of nitrogens with zero attached hydrogens (tertiary/aromatic N) is 2. The number of anilines is 1. The van der Waals surface area contributed by atoms with Gasteiger partial charge >= 0.3 is 6.09 Å². The lowest BCUT2D eigenvalue weighted by atomic mass is 10.2. The molecule has 0 aliphatic heterocycles. The van der Waals surface area contributed by atoms with Crippen LogP contribution in [0.4, 0.5) is 10.6 Å². The van der Waals surface area contributed by atoms with E-state index in [1.54, 1.807) is 20.8 Å². The summed E-state index contributed by atoms with van der Waals surface area (Å²) < 4.78 is 6.11. The van der Waals surface area contributed by atoms with E-state index in [0.29, 0.717) is 0 Å². The van der Waals surface area contributed by atoms with Crippen LogP contribution in [0.1, 0.15) is 20.8 Å². The Hall–Kier alpha value is -2.11. The van der Waals surface area contributed by atoms with Crippen molar-refractivity contribution in [3.63, 3.8) is 0 Å². The van der Waals surface area contributed by atoms with Crippen LogP contribution in [0.25, 0.3) is 0 Å². The maximum absolute atomic E-state index is 11.6. The number of rotatable bonds is 2. The monoisotopic (exact) mass is 237 g/mol. The van der Waals surface area contributed by atoms with E-state index in [4.69, 9.17) is 4.74 Å². The van der Waals surface area contributed by atoms with Crippen LogP contribution in [-0.4, -0.2) is 27.4 Å². The van der Waals surface area contributed by atoms with Crippen molar-refractivity contribution in [2.45, 2.75) is 26.4 Å². The molecule has 92 valence electrons. The summed E-state index contributed by atoms with van der Waals surface area (Å²) in [5, 5.41) is 6.28. The van der Waals surface area contributed by atoms with Gasteiger partial charge in [0.2, 0.25) is 5.91 Å². The molecule has 0 fully saturated rings. The SMILES string of the molecule is C=CC(=O)Nc1ccn(C(=O)OC(C)(C)C)n1. The summed E-state index contributed by atoms with van der Waals surface area (Å²) in [6.45, 7) is 8.59. The van der Waals surface area contributed by atoms with Crippen molar-refractivity contribution in [3.8, 4) is 0 Å². The number of nitrogens with one attached hydrogen (secondary N) is 1. The average molecular weight is 237 g/mol. The molecule has 0 atom stereocenters. The second-order valence-electron chi connectivity index (χ2n) is 4.32. The Morgan fingerprint density at radius 2 is 2.18 bits per heavy atom. The molecule has 1 heterocycles. The van der Waals surface area contributed by atoms with Gasteiger partial charge in [0.05, 0.1) is 0 Å². The highest BCUT2D eigenvalue weighted by atomic mass is 16.6.